The van der Waals surface area contributed by atoms with E-state index < -0.39 is 0 Å². The third kappa shape index (κ3) is 3.68. The van der Waals surface area contributed by atoms with Crippen molar-refractivity contribution in [2.24, 2.45) is 0 Å². The molecule has 2 aromatic heterocycles. The predicted molar refractivity (Wildman–Crippen MR) is 75.7 cm³/mol. The van der Waals surface area contributed by atoms with Crippen LogP contribution in [-0.4, -0.2) is 34.1 Å². The average molecular weight is 294 g/mol. The minimum Gasteiger partial charge on any atom is -0.383 e. The van der Waals surface area contributed by atoms with E-state index in [1.165, 1.54) is 17.8 Å². The van der Waals surface area contributed by atoms with E-state index in [-0.39, 0.29) is 11.4 Å². The lowest BCUT2D eigenvalue weighted by Gasteiger charge is -2.06. The fourth-order valence-corrected chi connectivity index (χ4v) is 2.27. The number of H-pyrrole nitrogens is 1. The second-order valence-corrected chi connectivity index (χ2v) is 4.78. The smallest absolute Gasteiger partial charge is 0.253 e. The number of ether oxygens (including phenoxy) is 1. The summed E-state index contributed by atoms with van der Waals surface area (Å²) in [5.41, 5.74) is 5.23. The molecule has 20 heavy (non-hydrogen) atoms. The van der Waals surface area contributed by atoms with Crippen molar-refractivity contribution < 1.29 is 4.74 Å². The number of methoxy groups -OCH3 is 1. The highest BCUT2D eigenvalue weighted by Gasteiger charge is 2.08. The van der Waals surface area contributed by atoms with Crippen LogP contribution in [0.1, 0.15) is 5.82 Å². The highest BCUT2D eigenvalue weighted by molar-refractivity contribution is 7.99. The topological polar surface area (TPSA) is 119 Å². The van der Waals surface area contributed by atoms with Crippen LogP contribution < -0.4 is 16.6 Å². The number of aromatic nitrogens is 4. The van der Waals surface area contributed by atoms with E-state index in [0.717, 1.165) is 0 Å². The van der Waals surface area contributed by atoms with Gasteiger partial charge in [0.25, 0.3) is 5.56 Å². The second kappa shape index (κ2) is 6.35. The summed E-state index contributed by atoms with van der Waals surface area (Å²) >= 11 is 1.19. The maximum absolute atomic E-state index is 11.3. The molecule has 0 aliphatic heterocycles. The number of anilines is 2. The van der Waals surface area contributed by atoms with Crippen LogP contribution >= 0.6 is 11.8 Å². The number of nitrogen functional groups attached to an aromatic ring is 1. The number of hydrogen-bond acceptors (Lipinski definition) is 8. The van der Waals surface area contributed by atoms with Crippen LogP contribution in [0.3, 0.4) is 0 Å². The fourth-order valence-electron chi connectivity index (χ4n) is 1.45. The van der Waals surface area contributed by atoms with E-state index in [2.05, 4.69) is 25.3 Å². The van der Waals surface area contributed by atoms with Crippen LogP contribution in [0.15, 0.2) is 27.1 Å². The van der Waals surface area contributed by atoms with Gasteiger partial charge >= 0.3 is 0 Å². The van der Waals surface area contributed by atoms with Gasteiger partial charge in [0.15, 0.2) is 11.0 Å². The number of nitrogens with two attached hydrogens (primary N) is 1. The quantitative estimate of drug-likeness (QED) is 0.538. The number of aromatic amines is 1. The molecule has 2 aromatic rings. The monoisotopic (exact) mass is 294 g/mol. The van der Waals surface area contributed by atoms with E-state index in [4.69, 9.17) is 10.5 Å². The summed E-state index contributed by atoms with van der Waals surface area (Å²) in [6, 6.07) is 2.96. The van der Waals surface area contributed by atoms with Crippen molar-refractivity contribution in [3.63, 3.8) is 0 Å². The molecule has 0 amide bonds. The zero-order valence-corrected chi connectivity index (χ0v) is 11.8. The Morgan fingerprint density at radius 1 is 1.40 bits per heavy atom. The number of nitrogens with zero attached hydrogens (tertiary/aromatic N) is 3. The van der Waals surface area contributed by atoms with Crippen molar-refractivity contribution in [2.75, 3.05) is 25.2 Å². The van der Waals surface area contributed by atoms with Crippen molar-refractivity contribution in [2.45, 2.75) is 16.8 Å². The second-order valence-electron chi connectivity index (χ2n) is 3.77. The van der Waals surface area contributed by atoms with E-state index in [0.29, 0.717) is 28.4 Å². The molecule has 0 aliphatic rings. The lowest BCUT2D eigenvalue weighted by molar-refractivity contribution is 0.177. The predicted octanol–water partition coefficient (Wildman–Crippen LogP) is 0.481. The highest BCUT2D eigenvalue weighted by atomic mass is 32.2. The molecular formula is C11H14N6O2S. The van der Waals surface area contributed by atoms with E-state index in [1.807, 2.05) is 0 Å². The first-order chi connectivity index (χ1) is 9.60. The maximum Gasteiger partial charge on any atom is 0.253 e. The number of nitrogens with one attached hydrogen (secondary N) is 2. The molecule has 0 saturated carbocycles. The maximum atomic E-state index is 11.3. The molecule has 2 rings (SSSR count). The van der Waals surface area contributed by atoms with Crippen LogP contribution in [0.25, 0.3) is 0 Å². The molecule has 0 radical (unpaired) electrons. The Bertz CT molecular complexity index is 660. The van der Waals surface area contributed by atoms with E-state index >= 15 is 0 Å². The molecular weight excluding hydrogens is 280 g/mol. The molecule has 106 valence electrons. The normalized spacial score (nSPS) is 10.5. The summed E-state index contributed by atoms with van der Waals surface area (Å²) in [6.45, 7) is 0.296. The zero-order valence-electron chi connectivity index (χ0n) is 11.0. The molecule has 0 aromatic carbocycles. The zero-order chi connectivity index (χ0) is 14.5. The summed E-state index contributed by atoms with van der Waals surface area (Å²) < 4.78 is 5.02. The van der Waals surface area contributed by atoms with Crippen molar-refractivity contribution in [1.29, 1.82) is 0 Å². The number of rotatable bonds is 5. The summed E-state index contributed by atoms with van der Waals surface area (Å²) in [4.78, 5) is 26.5. The van der Waals surface area contributed by atoms with Crippen molar-refractivity contribution >= 4 is 23.4 Å². The molecule has 8 nitrogen and oxygen atoms in total. The molecule has 0 fully saturated rings. The molecule has 0 spiro atoms. The molecule has 0 unspecified atom stereocenters. The van der Waals surface area contributed by atoms with Crippen molar-refractivity contribution in [3.8, 4) is 0 Å². The van der Waals surface area contributed by atoms with Crippen molar-refractivity contribution in [1.82, 2.24) is 19.9 Å². The first kappa shape index (κ1) is 14.3. The first-order valence-electron chi connectivity index (χ1n) is 5.70. The third-order valence-electron chi connectivity index (χ3n) is 2.22. The Kier molecular flexibility index (Phi) is 4.53. The van der Waals surface area contributed by atoms with Crippen LogP contribution in [-0.2, 0) is 11.3 Å². The molecule has 0 atom stereocenters. The van der Waals surface area contributed by atoms with E-state index in [1.54, 1.807) is 20.2 Å². The van der Waals surface area contributed by atoms with Crippen LogP contribution in [0.4, 0.5) is 11.6 Å². The fraction of sp³-hybridized carbons (Fsp3) is 0.273. The molecule has 0 aliphatic carbocycles. The Hall–Kier alpha value is -2.13. The summed E-state index contributed by atoms with van der Waals surface area (Å²) in [5.74, 6) is 1.35. The Morgan fingerprint density at radius 2 is 2.20 bits per heavy atom. The lowest BCUT2D eigenvalue weighted by Crippen LogP contribution is -2.09. The first-order valence-corrected chi connectivity index (χ1v) is 6.51. The van der Waals surface area contributed by atoms with Gasteiger partial charge in [-0.25, -0.2) is 15.0 Å². The standard InChI is InChI=1S/C11H14N6O2S/c1-13-7-4-10(16-8(15-7)5-19-2)20-11-14-6(12)3-9(18)17-11/h3-4H,5H2,1-2H3,(H,13,15,16)(H3,12,14,17,18). The lowest BCUT2D eigenvalue weighted by atomic mass is 10.5. The highest BCUT2D eigenvalue weighted by Crippen LogP contribution is 2.24. The Morgan fingerprint density at radius 3 is 2.85 bits per heavy atom. The number of hydrogen-bond donors (Lipinski definition) is 3. The summed E-state index contributed by atoms with van der Waals surface area (Å²) in [7, 11) is 3.33. The van der Waals surface area contributed by atoms with Gasteiger partial charge in [-0.15, -0.1) is 0 Å². The molecule has 9 heteroatoms. The van der Waals surface area contributed by atoms with E-state index in [9.17, 15) is 4.79 Å². The Labute approximate surface area is 119 Å². The van der Waals surface area contributed by atoms with Gasteiger partial charge in [0.2, 0.25) is 0 Å². The van der Waals surface area contributed by atoms with Gasteiger partial charge in [-0.3, -0.25) is 4.79 Å². The molecule has 0 bridgehead atoms. The van der Waals surface area contributed by atoms with Gasteiger partial charge in [-0.05, 0) is 11.8 Å². The SMILES string of the molecule is CNc1cc(Sc2nc(N)cc(=O)[nH]2)nc(COC)n1. The molecule has 4 N–H and O–H groups in total. The van der Waals surface area contributed by atoms with Crippen LogP contribution in [0.2, 0.25) is 0 Å². The van der Waals surface area contributed by atoms with Gasteiger partial charge in [0.1, 0.15) is 23.3 Å². The van der Waals surface area contributed by atoms with Crippen molar-refractivity contribution in [3.05, 3.63) is 28.3 Å². The molecule has 0 saturated heterocycles. The molecule has 2 heterocycles. The van der Waals surface area contributed by atoms with Gasteiger partial charge in [0.05, 0.1) is 0 Å². The average Bonchev–Trinajstić information content (AvgIpc) is 2.37. The minimum absolute atomic E-state index is 0.163. The summed E-state index contributed by atoms with van der Waals surface area (Å²) in [5, 5.41) is 3.94. The van der Waals surface area contributed by atoms with Gasteiger partial charge < -0.3 is 20.8 Å². The Balaban J connectivity index is 2.31. The van der Waals surface area contributed by atoms with Gasteiger partial charge in [0, 0.05) is 26.3 Å². The van der Waals surface area contributed by atoms with Gasteiger partial charge in [-0.1, -0.05) is 0 Å². The largest absolute Gasteiger partial charge is 0.383 e. The van der Waals surface area contributed by atoms with Crippen LogP contribution in [0, 0.1) is 0 Å². The summed E-state index contributed by atoms with van der Waals surface area (Å²) in [6.07, 6.45) is 0. The third-order valence-corrected chi connectivity index (χ3v) is 3.02. The minimum atomic E-state index is -0.306. The van der Waals surface area contributed by atoms with Crippen LogP contribution in [0.5, 0.6) is 0 Å². The van der Waals surface area contributed by atoms with Gasteiger partial charge in [-0.2, -0.15) is 0 Å².